The Morgan fingerprint density at radius 1 is 1.75 bits per heavy atom. The normalized spacial score (nSPS) is 12.6. The molecule has 1 rings (SSSR count). The molecule has 0 amide bonds. The first-order valence-electron chi connectivity index (χ1n) is 3.64. The van der Waals surface area contributed by atoms with Crippen LogP contribution in [0.3, 0.4) is 0 Å². The molecule has 66 valence electrons. The second kappa shape index (κ2) is 4.04. The zero-order chi connectivity index (χ0) is 8.97. The molecule has 1 aromatic rings. The summed E-state index contributed by atoms with van der Waals surface area (Å²) in [6.45, 7) is -0.109. The van der Waals surface area contributed by atoms with E-state index in [2.05, 4.69) is 4.98 Å². The molecular formula is C8H12N2O2. The van der Waals surface area contributed by atoms with Crippen LogP contribution in [0.15, 0.2) is 18.5 Å². The zero-order valence-electron chi connectivity index (χ0n) is 6.90. The van der Waals surface area contributed by atoms with Crippen molar-refractivity contribution in [3.8, 4) is 5.75 Å². The fraction of sp³-hybridized carbons (Fsp3) is 0.375. The summed E-state index contributed by atoms with van der Waals surface area (Å²) in [5.74, 6) is 0.659. The quantitative estimate of drug-likeness (QED) is 0.670. The Labute approximate surface area is 71.0 Å². The van der Waals surface area contributed by atoms with Gasteiger partial charge in [0.25, 0.3) is 0 Å². The highest BCUT2D eigenvalue weighted by Gasteiger charge is 2.09. The van der Waals surface area contributed by atoms with Crippen LogP contribution < -0.4 is 10.5 Å². The van der Waals surface area contributed by atoms with Crippen molar-refractivity contribution in [1.82, 2.24) is 4.98 Å². The van der Waals surface area contributed by atoms with Gasteiger partial charge in [-0.2, -0.15) is 0 Å². The minimum atomic E-state index is -0.423. The predicted octanol–water partition coefficient (Wildman–Crippen LogP) is 0.0823. The number of aromatic nitrogens is 1. The molecule has 1 atom stereocenters. The lowest BCUT2D eigenvalue weighted by molar-refractivity contribution is 0.264. The third-order valence-electron chi connectivity index (χ3n) is 1.63. The molecule has 1 heterocycles. The summed E-state index contributed by atoms with van der Waals surface area (Å²) in [7, 11) is 1.56. The Morgan fingerprint density at radius 3 is 3.08 bits per heavy atom. The van der Waals surface area contributed by atoms with E-state index in [1.165, 1.54) is 0 Å². The number of nitrogens with two attached hydrogens (primary N) is 1. The van der Waals surface area contributed by atoms with Crippen molar-refractivity contribution in [3.63, 3.8) is 0 Å². The van der Waals surface area contributed by atoms with Crippen LogP contribution >= 0.6 is 0 Å². The number of ether oxygens (including phenoxy) is 1. The molecule has 0 saturated heterocycles. The lowest BCUT2D eigenvalue weighted by Gasteiger charge is -2.11. The maximum atomic E-state index is 8.80. The average molecular weight is 168 g/mol. The van der Waals surface area contributed by atoms with E-state index >= 15 is 0 Å². The van der Waals surface area contributed by atoms with Gasteiger partial charge in [-0.1, -0.05) is 0 Å². The highest BCUT2D eigenvalue weighted by atomic mass is 16.5. The summed E-state index contributed by atoms with van der Waals surface area (Å²) in [5.41, 5.74) is 6.33. The Hall–Kier alpha value is -1.13. The molecule has 0 unspecified atom stereocenters. The first kappa shape index (κ1) is 8.96. The van der Waals surface area contributed by atoms with Gasteiger partial charge in [0.1, 0.15) is 5.75 Å². The summed E-state index contributed by atoms with van der Waals surface area (Å²) < 4.78 is 5.04. The third-order valence-corrected chi connectivity index (χ3v) is 1.63. The standard InChI is InChI=1S/C8H12N2O2/c1-12-8-2-3-10-4-6(8)7(9)5-11/h2-4,7,11H,5,9H2,1H3/t7-/m1/s1. The van der Waals surface area contributed by atoms with Crippen molar-refractivity contribution in [3.05, 3.63) is 24.0 Å². The van der Waals surface area contributed by atoms with Gasteiger partial charge >= 0.3 is 0 Å². The number of hydrogen-bond acceptors (Lipinski definition) is 4. The van der Waals surface area contributed by atoms with Crippen molar-refractivity contribution >= 4 is 0 Å². The van der Waals surface area contributed by atoms with Crippen LogP contribution in [-0.2, 0) is 0 Å². The largest absolute Gasteiger partial charge is 0.496 e. The highest BCUT2D eigenvalue weighted by molar-refractivity contribution is 5.32. The molecule has 0 aliphatic rings. The maximum Gasteiger partial charge on any atom is 0.126 e. The number of aliphatic hydroxyl groups is 1. The fourth-order valence-electron chi connectivity index (χ4n) is 0.957. The van der Waals surface area contributed by atoms with Crippen LogP contribution in [0.25, 0.3) is 0 Å². The second-order valence-electron chi connectivity index (χ2n) is 2.41. The van der Waals surface area contributed by atoms with E-state index in [-0.39, 0.29) is 6.61 Å². The predicted molar refractivity (Wildman–Crippen MR) is 44.8 cm³/mol. The molecule has 0 aromatic carbocycles. The molecule has 12 heavy (non-hydrogen) atoms. The molecule has 0 fully saturated rings. The molecule has 0 spiro atoms. The Kier molecular flexibility index (Phi) is 3.01. The van der Waals surface area contributed by atoms with Crippen LogP contribution in [0.5, 0.6) is 5.75 Å². The Bertz CT molecular complexity index is 253. The van der Waals surface area contributed by atoms with Gasteiger partial charge in [0.15, 0.2) is 0 Å². The van der Waals surface area contributed by atoms with Crippen LogP contribution in [0.2, 0.25) is 0 Å². The lowest BCUT2D eigenvalue weighted by atomic mass is 10.1. The number of methoxy groups -OCH3 is 1. The van der Waals surface area contributed by atoms with Gasteiger partial charge in [-0.3, -0.25) is 4.98 Å². The van der Waals surface area contributed by atoms with Gasteiger partial charge in [-0.25, -0.2) is 0 Å². The molecule has 0 radical (unpaired) electrons. The Balaban J connectivity index is 2.96. The summed E-state index contributed by atoms with van der Waals surface area (Å²) in [4.78, 5) is 3.89. The van der Waals surface area contributed by atoms with E-state index in [0.29, 0.717) is 5.75 Å². The van der Waals surface area contributed by atoms with Gasteiger partial charge in [-0.15, -0.1) is 0 Å². The fourth-order valence-corrected chi connectivity index (χ4v) is 0.957. The van der Waals surface area contributed by atoms with Gasteiger partial charge < -0.3 is 15.6 Å². The first-order valence-corrected chi connectivity index (χ1v) is 3.64. The van der Waals surface area contributed by atoms with Crippen LogP contribution in [-0.4, -0.2) is 23.8 Å². The van der Waals surface area contributed by atoms with E-state index in [1.807, 2.05) is 0 Å². The van der Waals surface area contributed by atoms with Gasteiger partial charge in [0.05, 0.1) is 19.8 Å². The first-order chi connectivity index (χ1) is 5.79. The van der Waals surface area contributed by atoms with Gasteiger partial charge in [0, 0.05) is 18.0 Å². The number of aliphatic hydroxyl groups excluding tert-OH is 1. The van der Waals surface area contributed by atoms with Crippen LogP contribution in [0, 0.1) is 0 Å². The lowest BCUT2D eigenvalue weighted by Crippen LogP contribution is -2.15. The molecular weight excluding hydrogens is 156 g/mol. The number of pyridine rings is 1. The van der Waals surface area contributed by atoms with Crippen LogP contribution in [0.4, 0.5) is 0 Å². The third kappa shape index (κ3) is 1.72. The average Bonchev–Trinajstić information content (AvgIpc) is 2.16. The van der Waals surface area contributed by atoms with E-state index in [1.54, 1.807) is 25.6 Å². The molecule has 1 aromatic heterocycles. The smallest absolute Gasteiger partial charge is 0.126 e. The minimum Gasteiger partial charge on any atom is -0.496 e. The number of rotatable bonds is 3. The Morgan fingerprint density at radius 2 is 2.50 bits per heavy atom. The van der Waals surface area contributed by atoms with E-state index in [4.69, 9.17) is 15.6 Å². The molecule has 0 saturated carbocycles. The summed E-state index contributed by atoms with van der Waals surface area (Å²) in [6, 6.07) is 1.29. The van der Waals surface area contributed by atoms with Crippen molar-refractivity contribution in [2.45, 2.75) is 6.04 Å². The summed E-state index contributed by atoms with van der Waals surface area (Å²) in [5, 5.41) is 8.80. The summed E-state index contributed by atoms with van der Waals surface area (Å²) in [6.07, 6.45) is 3.21. The SMILES string of the molecule is COc1ccncc1[C@H](N)CO. The van der Waals surface area contributed by atoms with Gasteiger partial charge in [-0.05, 0) is 6.07 Å². The monoisotopic (exact) mass is 168 g/mol. The molecule has 0 aliphatic carbocycles. The van der Waals surface area contributed by atoms with Gasteiger partial charge in [0.2, 0.25) is 0 Å². The van der Waals surface area contributed by atoms with E-state index in [0.717, 1.165) is 5.56 Å². The second-order valence-corrected chi connectivity index (χ2v) is 2.41. The minimum absolute atomic E-state index is 0.109. The topological polar surface area (TPSA) is 68.4 Å². The van der Waals surface area contributed by atoms with Crippen LogP contribution in [0.1, 0.15) is 11.6 Å². The van der Waals surface area contributed by atoms with Crippen molar-refractivity contribution < 1.29 is 9.84 Å². The van der Waals surface area contributed by atoms with Crippen molar-refractivity contribution in [2.24, 2.45) is 5.73 Å². The van der Waals surface area contributed by atoms with Crippen molar-refractivity contribution in [1.29, 1.82) is 0 Å². The molecule has 3 N–H and O–H groups in total. The van der Waals surface area contributed by atoms with Crippen molar-refractivity contribution in [2.75, 3.05) is 13.7 Å². The number of hydrogen-bond donors (Lipinski definition) is 2. The number of nitrogens with zero attached hydrogens (tertiary/aromatic N) is 1. The molecule has 0 aliphatic heterocycles. The van der Waals surface area contributed by atoms with E-state index < -0.39 is 6.04 Å². The molecule has 0 bridgehead atoms. The summed E-state index contributed by atoms with van der Waals surface area (Å²) >= 11 is 0. The molecule has 4 nitrogen and oxygen atoms in total. The maximum absolute atomic E-state index is 8.80. The van der Waals surface area contributed by atoms with E-state index in [9.17, 15) is 0 Å². The zero-order valence-corrected chi connectivity index (χ0v) is 6.90. The highest BCUT2D eigenvalue weighted by Crippen LogP contribution is 2.21. The molecule has 4 heteroatoms.